The van der Waals surface area contributed by atoms with Gasteiger partial charge < -0.3 is 8.83 Å². The van der Waals surface area contributed by atoms with Crippen LogP contribution in [0.2, 0.25) is 0 Å². The third-order valence-corrected chi connectivity index (χ3v) is 4.35. The molecule has 4 rings (SSSR count). The van der Waals surface area contributed by atoms with Crippen LogP contribution < -0.4 is 5.32 Å². The molecule has 0 aliphatic heterocycles. The summed E-state index contributed by atoms with van der Waals surface area (Å²) in [4.78, 5) is 21.6. The molecule has 4 aromatic rings. The van der Waals surface area contributed by atoms with Crippen LogP contribution in [0.1, 0.15) is 10.4 Å². The van der Waals surface area contributed by atoms with E-state index in [1.54, 1.807) is 30.8 Å². The molecule has 0 spiro atoms. The summed E-state index contributed by atoms with van der Waals surface area (Å²) in [5.74, 6) is 0.367. The van der Waals surface area contributed by atoms with E-state index in [1.165, 1.54) is 23.9 Å². The molecular weight excluding hydrogens is 326 g/mol. The van der Waals surface area contributed by atoms with Crippen LogP contribution in [0.5, 0.6) is 0 Å². The number of amides is 1. The molecule has 0 aromatic carbocycles. The van der Waals surface area contributed by atoms with Crippen LogP contribution in [-0.4, -0.2) is 15.9 Å². The zero-order valence-corrected chi connectivity index (χ0v) is 13.1. The highest BCUT2D eigenvalue weighted by atomic mass is 32.1. The van der Waals surface area contributed by atoms with E-state index in [0.29, 0.717) is 22.1 Å². The Bertz CT molecular complexity index is 945. The number of pyridine rings is 1. The minimum absolute atomic E-state index is 0.273. The first-order valence-corrected chi connectivity index (χ1v) is 7.91. The van der Waals surface area contributed by atoms with E-state index in [0.717, 1.165) is 10.4 Å². The second-order valence-electron chi connectivity index (χ2n) is 4.88. The zero-order valence-electron chi connectivity index (χ0n) is 12.3. The summed E-state index contributed by atoms with van der Waals surface area (Å²) < 4.78 is 10.4. The Morgan fingerprint density at radius 1 is 1.12 bits per heavy atom. The van der Waals surface area contributed by atoms with Crippen LogP contribution in [-0.2, 0) is 0 Å². The lowest BCUT2D eigenvalue weighted by molar-refractivity contribution is 0.102. The third kappa shape index (κ3) is 2.72. The second-order valence-corrected chi connectivity index (χ2v) is 5.88. The number of rotatable bonds is 4. The van der Waals surface area contributed by atoms with Gasteiger partial charge in [0, 0.05) is 12.4 Å². The van der Waals surface area contributed by atoms with E-state index in [-0.39, 0.29) is 5.91 Å². The Morgan fingerprint density at radius 2 is 2.00 bits per heavy atom. The maximum atomic E-state index is 12.2. The van der Waals surface area contributed by atoms with Crippen LogP contribution in [0.15, 0.2) is 70.3 Å². The highest BCUT2D eigenvalue weighted by Crippen LogP contribution is 2.39. The summed E-state index contributed by atoms with van der Waals surface area (Å²) in [6, 6.07) is 9.01. The number of thiazole rings is 1. The Balaban J connectivity index is 1.73. The van der Waals surface area contributed by atoms with Crippen LogP contribution in [0, 0.1) is 0 Å². The van der Waals surface area contributed by atoms with E-state index in [1.807, 2.05) is 18.2 Å². The zero-order chi connectivity index (χ0) is 16.4. The number of hydrogen-bond donors (Lipinski definition) is 1. The van der Waals surface area contributed by atoms with Gasteiger partial charge in [-0.2, -0.15) is 0 Å². The summed E-state index contributed by atoms with van der Waals surface area (Å²) in [6.07, 6.45) is 7.86. The van der Waals surface area contributed by atoms with E-state index >= 15 is 0 Å². The molecule has 118 valence electrons. The third-order valence-electron chi connectivity index (χ3n) is 3.33. The monoisotopic (exact) mass is 337 g/mol. The van der Waals surface area contributed by atoms with Gasteiger partial charge in [0.15, 0.2) is 10.9 Å². The summed E-state index contributed by atoms with van der Waals surface area (Å²) >= 11 is 1.37. The van der Waals surface area contributed by atoms with Crippen LogP contribution >= 0.6 is 11.3 Å². The van der Waals surface area contributed by atoms with Crippen molar-refractivity contribution in [2.24, 2.45) is 0 Å². The predicted octanol–water partition coefficient (Wildman–Crippen LogP) is 4.31. The van der Waals surface area contributed by atoms with Gasteiger partial charge in [-0.3, -0.25) is 15.1 Å². The van der Waals surface area contributed by atoms with Crippen molar-refractivity contribution in [1.82, 2.24) is 9.97 Å². The van der Waals surface area contributed by atoms with Gasteiger partial charge in [0.2, 0.25) is 0 Å². The van der Waals surface area contributed by atoms with Gasteiger partial charge in [0.05, 0.1) is 23.0 Å². The normalized spacial score (nSPS) is 10.7. The summed E-state index contributed by atoms with van der Waals surface area (Å²) in [5.41, 5.74) is 2.08. The van der Waals surface area contributed by atoms with Crippen molar-refractivity contribution in [3.05, 3.63) is 67.1 Å². The number of nitrogens with zero attached hydrogens (tertiary/aromatic N) is 2. The molecule has 6 nitrogen and oxygen atoms in total. The van der Waals surface area contributed by atoms with E-state index < -0.39 is 0 Å². The summed E-state index contributed by atoms with van der Waals surface area (Å²) in [6.45, 7) is 0. The molecule has 24 heavy (non-hydrogen) atoms. The lowest BCUT2D eigenvalue weighted by Crippen LogP contribution is -2.10. The van der Waals surface area contributed by atoms with Gasteiger partial charge in [0.25, 0.3) is 5.91 Å². The minimum Gasteiger partial charge on any atom is -0.472 e. The van der Waals surface area contributed by atoms with Crippen molar-refractivity contribution in [2.45, 2.75) is 0 Å². The average molecular weight is 337 g/mol. The van der Waals surface area contributed by atoms with Crippen molar-refractivity contribution in [3.63, 3.8) is 0 Å². The van der Waals surface area contributed by atoms with Gasteiger partial charge in [-0.1, -0.05) is 11.3 Å². The summed E-state index contributed by atoms with van der Waals surface area (Å²) in [7, 11) is 0. The van der Waals surface area contributed by atoms with Crippen LogP contribution in [0.3, 0.4) is 0 Å². The molecule has 7 heteroatoms. The van der Waals surface area contributed by atoms with E-state index in [2.05, 4.69) is 15.3 Å². The van der Waals surface area contributed by atoms with Crippen molar-refractivity contribution in [1.29, 1.82) is 0 Å². The summed E-state index contributed by atoms with van der Waals surface area (Å²) in [5, 5.41) is 3.27. The molecule has 0 unspecified atom stereocenters. The number of carbonyl (C=O) groups is 1. The Morgan fingerprint density at radius 3 is 2.71 bits per heavy atom. The quantitative estimate of drug-likeness (QED) is 0.600. The molecule has 0 atom stereocenters. The van der Waals surface area contributed by atoms with Crippen molar-refractivity contribution < 1.29 is 13.6 Å². The molecule has 0 saturated heterocycles. The molecule has 0 bridgehead atoms. The van der Waals surface area contributed by atoms with Gasteiger partial charge in [0.1, 0.15) is 12.0 Å². The van der Waals surface area contributed by atoms with E-state index in [9.17, 15) is 4.79 Å². The second kappa shape index (κ2) is 6.13. The number of aromatic nitrogens is 2. The van der Waals surface area contributed by atoms with Gasteiger partial charge in [-0.05, 0) is 35.9 Å². The lowest BCUT2D eigenvalue weighted by atomic mass is 10.2. The molecule has 4 aromatic heterocycles. The van der Waals surface area contributed by atoms with Gasteiger partial charge >= 0.3 is 0 Å². The number of carbonyl (C=O) groups excluding carboxylic acids is 1. The van der Waals surface area contributed by atoms with Crippen molar-refractivity contribution in [3.8, 4) is 21.9 Å². The van der Waals surface area contributed by atoms with Crippen molar-refractivity contribution in [2.75, 3.05) is 5.32 Å². The molecule has 1 amide bonds. The van der Waals surface area contributed by atoms with Gasteiger partial charge in [-0.15, -0.1) is 0 Å². The highest BCUT2D eigenvalue weighted by molar-refractivity contribution is 7.19. The van der Waals surface area contributed by atoms with Crippen LogP contribution in [0.4, 0.5) is 5.13 Å². The highest BCUT2D eigenvalue weighted by Gasteiger charge is 2.18. The average Bonchev–Trinajstić information content (AvgIpc) is 3.36. The first-order chi connectivity index (χ1) is 11.8. The van der Waals surface area contributed by atoms with Crippen molar-refractivity contribution >= 4 is 22.4 Å². The topological polar surface area (TPSA) is 81.2 Å². The fraction of sp³-hybridized carbons (Fsp3) is 0. The molecule has 1 N–H and O–H groups in total. The van der Waals surface area contributed by atoms with E-state index in [4.69, 9.17) is 8.83 Å². The SMILES string of the molecule is O=C(Nc1nc(-c2ccco2)c(-c2ccncc2)s1)c1ccoc1. The number of nitrogens with one attached hydrogen (secondary N) is 1. The maximum Gasteiger partial charge on any atom is 0.260 e. The first kappa shape index (κ1) is 14.4. The fourth-order valence-electron chi connectivity index (χ4n) is 2.22. The molecule has 4 heterocycles. The molecule has 0 saturated carbocycles. The minimum atomic E-state index is -0.273. The molecule has 0 aliphatic rings. The molecule has 0 radical (unpaired) electrons. The first-order valence-electron chi connectivity index (χ1n) is 7.10. The predicted molar refractivity (Wildman–Crippen MR) is 89.7 cm³/mol. The largest absolute Gasteiger partial charge is 0.472 e. The standard InChI is InChI=1S/C17H11N3O3S/c21-16(12-5-9-22-10-12)20-17-19-14(13-2-1-8-23-13)15(24-17)11-3-6-18-7-4-11/h1-10H,(H,19,20,21). The number of anilines is 1. The Hall–Kier alpha value is -3.19. The Kier molecular flexibility index (Phi) is 3.68. The van der Waals surface area contributed by atoms with Crippen LogP contribution in [0.25, 0.3) is 21.9 Å². The number of furan rings is 2. The number of hydrogen-bond acceptors (Lipinski definition) is 6. The van der Waals surface area contributed by atoms with Gasteiger partial charge in [-0.25, -0.2) is 4.98 Å². The fourth-order valence-corrected chi connectivity index (χ4v) is 3.19. The Labute approximate surface area is 140 Å². The molecular formula is C17H11N3O3S. The maximum absolute atomic E-state index is 12.2. The lowest BCUT2D eigenvalue weighted by Gasteiger charge is -1.98. The molecule has 0 aliphatic carbocycles. The smallest absolute Gasteiger partial charge is 0.260 e. The molecule has 0 fully saturated rings.